The second kappa shape index (κ2) is 5.82. The molecule has 0 saturated carbocycles. The van der Waals surface area contributed by atoms with Crippen LogP contribution in [0.5, 0.6) is 11.5 Å². The van der Waals surface area contributed by atoms with Crippen LogP contribution in [-0.2, 0) is 11.3 Å². The normalized spacial score (nSPS) is 19.4. The van der Waals surface area contributed by atoms with Gasteiger partial charge in [0.25, 0.3) is 0 Å². The van der Waals surface area contributed by atoms with Gasteiger partial charge in [0.15, 0.2) is 12.6 Å². The summed E-state index contributed by atoms with van der Waals surface area (Å²) in [6, 6.07) is 8.99. The first-order chi connectivity index (χ1) is 11.1. The lowest BCUT2D eigenvalue weighted by molar-refractivity contribution is -0.0184. The van der Waals surface area contributed by atoms with E-state index in [9.17, 15) is 4.79 Å². The third-order valence-corrected chi connectivity index (χ3v) is 4.63. The first kappa shape index (κ1) is 15.0. The van der Waals surface area contributed by atoms with E-state index in [0.29, 0.717) is 22.9 Å². The molecule has 0 bridgehead atoms. The van der Waals surface area contributed by atoms with Crippen molar-refractivity contribution in [1.82, 2.24) is 0 Å². The SMILES string of the molecule is O=C1C[C@@H](c2cc(Br)cc3c2OCOC3)Oc2ccc(Cl)cc21. The molecule has 0 radical (unpaired) electrons. The van der Waals surface area contributed by atoms with Crippen LogP contribution in [0, 0.1) is 0 Å². The Bertz CT molecular complexity index is 805. The van der Waals surface area contributed by atoms with Gasteiger partial charge in [-0.3, -0.25) is 4.79 Å². The van der Waals surface area contributed by atoms with Gasteiger partial charge in [-0.15, -0.1) is 0 Å². The minimum atomic E-state index is -0.388. The third-order valence-electron chi connectivity index (χ3n) is 3.93. The van der Waals surface area contributed by atoms with Gasteiger partial charge in [-0.25, -0.2) is 0 Å². The van der Waals surface area contributed by atoms with Crippen LogP contribution in [0.3, 0.4) is 0 Å². The maximum Gasteiger partial charge on any atom is 0.189 e. The zero-order valence-electron chi connectivity index (χ0n) is 12.0. The van der Waals surface area contributed by atoms with Gasteiger partial charge in [0.1, 0.15) is 17.6 Å². The monoisotopic (exact) mass is 394 g/mol. The number of fused-ring (bicyclic) bond motifs is 2. The first-order valence-corrected chi connectivity index (χ1v) is 8.31. The van der Waals surface area contributed by atoms with Crippen LogP contribution in [0.2, 0.25) is 5.02 Å². The number of hydrogen-bond donors (Lipinski definition) is 0. The zero-order valence-corrected chi connectivity index (χ0v) is 14.3. The van der Waals surface area contributed by atoms with Crippen molar-refractivity contribution >= 4 is 33.3 Å². The highest BCUT2D eigenvalue weighted by atomic mass is 79.9. The van der Waals surface area contributed by atoms with Crippen LogP contribution in [0.25, 0.3) is 0 Å². The van der Waals surface area contributed by atoms with Gasteiger partial charge in [-0.1, -0.05) is 27.5 Å². The van der Waals surface area contributed by atoms with E-state index in [1.54, 1.807) is 18.2 Å². The Morgan fingerprint density at radius 1 is 1.22 bits per heavy atom. The molecule has 0 unspecified atom stereocenters. The number of carbonyl (C=O) groups is 1. The van der Waals surface area contributed by atoms with E-state index in [-0.39, 0.29) is 25.1 Å². The molecule has 0 amide bonds. The number of Topliss-reactive ketones (excluding diaryl/α,β-unsaturated/α-hetero) is 1. The molecule has 2 aliphatic heterocycles. The van der Waals surface area contributed by atoms with Crippen molar-refractivity contribution in [2.45, 2.75) is 19.1 Å². The molecule has 0 aliphatic carbocycles. The Kier molecular flexibility index (Phi) is 3.79. The fraction of sp³-hybridized carbons (Fsp3) is 0.235. The van der Waals surface area contributed by atoms with Crippen molar-refractivity contribution in [3.05, 3.63) is 56.5 Å². The van der Waals surface area contributed by atoms with Crippen molar-refractivity contribution in [3.8, 4) is 11.5 Å². The maximum absolute atomic E-state index is 12.5. The van der Waals surface area contributed by atoms with Crippen LogP contribution in [0.4, 0.5) is 0 Å². The molecular formula is C17H12BrClO4. The standard InChI is InChI=1S/C17H12BrClO4/c18-10-3-9-7-21-8-22-17(9)13(4-10)16-6-14(20)12-5-11(19)1-2-15(12)23-16/h1-5,16H,6-8H2/t16-/m0/s1. The van der Waals surface area contributed by atoms with Crippen molar-refractivity contribution in [2.24, 2.45) is 0 Å². The van der Waals surface area contributed by atoms with Crippen LogP contribution in [0.15, 0.2) is 34.8 Å². The van der Waals surface area contributed by atoms with Crippen molar-refractivity contribution in [2.75, 3.05) is 6.79 Å². The Morgan fingerprint density at radius 2 is 2.09 bits per heavy atom. The van der Waals surface area contributed by atoms with Crippen LogP contribution < -0.4 is 9.47 Å². The topological polar surface area (TPSA) is 44.8 Å². The molecule has 2 aromatic rings. The van der Waals surface area contributed by atoms with E-state index < -0.39 is 0 Å². The van der Waals surface area contributed by atoms with Crippen LogP contribution >= 0.6 is 27.5 Å². The predicted molar refractivity (Wildman–Crippen MR) is 88.2 cm³/mol. The highest BCUT2D eigenvalue weighted by molar-refractivity contribution is 9.10. The number of carbonyl (C=O) groups excluding carboxylic acids is 1. The summed E-state index contributed by atoms with van der Waals surface area (Å²) >= 11 is 9.46. The molecule has 0 N–H and O–H groups in total. The molecular weight excluding hydrogens is 384 g/mol. The Morgan fingerprint density at radius 3 is 2.96 bits per heavy atom. The molecule has 2 aromatic carbocycles. The largest absolute Gasteiger partial charge is 0.484 e. The summed E-state index contributed by atoms with van der Waals surface area (Å²) in [4.78, 5) is 12.5. The third kappa shape index (κ3) is 2.73. The quantitative estimate of drug-likeness (QED) is 0.703. The fourth-order valence-corrected chi connectivity index (χ4v) is 3.61. The van der Waals surface area contributed by atoms with E-state index in [2.05, 4.69) is 15.9 Å². The van der Waals surface area contributed by atoms with Crippen molar-refractivity contribution < 1.29 is 19.0 Å². The molecule has 2 heterocycles. The minimum absolute atomic E-state index is 0.0135. The molecule has 0 fully saturated rings. The van der Waals surface area contributed by atoms with Gasteiger partial charge in [0.2, 0.25) is 0 Å². The van der Waals surface area contributed by atoms with E-state index in [1.807, 2.05) is 12.1 Å². The summed E-state index contributed by atoms with van der Waals surface area (Å²) in [5.41, 5.74) is 2.33. The molecule has 118 valence electrons. The molecule has 1 atom stereocenters. The number of benzene rings is 2. The number of halogens is 2. The predicted octanol–water partition coefficient (Wildman–Crippen LogP) is 4.68. The van der Waals surface area contributed by atoms with Gasteiger partial charge in [0, 0.05) is 20.6 Å². The summed E-state index contributed by atoms with van der Waals surface area (Å²) in [5, 5.41) is 0.527. The smallest absolute Gasteiger partial charge is 0.189 e. The first-order valence-electron chi connectivity index (χ1n) is 7.14. The number of ketones is 1. The van der Waals surface area contributed by atoms with Crippen molar-refractivity contribution in [3.63, 3.8) is 0 Å². The molecule has 2 aliphatic rings. The highest BCUT2D eigenvalue weighted by Crippen LogP contribution is 2.42. The Balaban J connectivity index is 1.76. The summed E-state index contributed by atoms with van der Waals surface area (Å²) < 4.78 is 17.9. The molecule has 23 heavy (non-hydrogen) atoms. The average Bonchev–Trinajstić information content (AvgIpc) is 2.54. The summed E-state index contributed by atoms with van der Waals surface area (Å²) in [6.07, 6.45) is -0.138. The summed E-state index contributed by atoms with van der Waals surface area (Å²) in [5.74, 6) is 1.31. The van der Waals surface area contributed by atoms with E-state index in [1.165, 1.54) is 0 Å². The lowest BCUT2D eigenvalue weighted by Crippen LogP contribution is -2.22. The average molecular weight is 396 g/mol. The number of ether oxygens (including phenoxy) is 3. The molecule has 0 saturated heterocycles. The fourth-order valence-electron chi connectivity index (χ4n) is 2.92. The van der Waals surface area contributed by atoms with Crippen LogP contribution in [-0.4, -0.2) is 12.6 Å². The number of rotatable bonds is 1. The van der Waals surface area contributed by atoms with E-state index in [4.69, 9.17) is 25.8 Å². The maximum atomic E-state index is 12.5. The summed E-state index contributed by atoms with van der Waals surface area (Å²) in [6.45, 7) is 0.684. The second-order valence-corrected chi connectivity index (χ2v) is 6.82. The van der Waals surface area contributed by atoms with Crippen LogP contribution in [0.1, 0.15) is 34.0 Å². The Labute approximate surface area is 146 Å². The van der Waals surface area contributed by atoms with E-state index >= 15 is 0 Å². The lowest BCUT2D eigenvalue weighted by atomic mass is 9.94. The molecule has 0 aromatic heterocycles. The van der Waals surface area contributed by atoms with Crippen molar-refractivity contribution in [1.29, 1.82) is 0 Å². The van der Waals surface area contributed by atoms with Gasteiger partial charge < -0.3 is 14.2 Å². The number of hydrogen-bond acceptors (Lipinski definition) is 4. The minimum Gasteiger partial charge on any atom is -0.484 e. The van der Waals surface area contributed by atoms with Gasteiger partial charge in [-0.05, 0) is 30.3 Å². The Hall–Kier alpha value is -1.56. The second-order valence-electron chi connectivity index (χ2n) is 5.47. The van der Waals surface area contributed by atoms with E-state index in [0.717, 1.165) is 21.3 Å². The van der Waals surface area contributed by atoms with Gasteiger partial charge in [-0.2, -0.15) is 0 Å². The van der Waals surface area contributed by atoms with Gasteiger partial charge in [0.05, 0.1) is 18.6 Å². The molecule has 0 spiro atoms. The zero-order chi connectivity index (χ0) is 16.0. The lowest BCUT2D eigenvalue weighted by Gasteiger charge is -2.29. The molecule has 4 nitrogen and oxygen atoms in total. The molecule has 6 heteroatoms. The van der Waals surface area contributed by atoms with Gasteiger partial charge >= 0.3 is 0 Å². The highest BCUT2D eigenvalue weighted by Gasteiger charge is 2.31. The summed E-state index contributed by atoms with van der Waals surface area (Å²) in [7, 11) is 0. The molecule has 4 rings (SSSR count).